The van der Waals surface area contributed by atoms with Crippen molar-refractivity contribution in [1.29, 1.82) is 0 Å². The summed E-state index contributed by atoms with van der Waals surface area (Å²) in [6, 6.07) is -0.146. The molecule has 0 spiro atoms. The second-order valence-electron chi connectivity index (χ2n) is 3.44. The van der Waals surface area contributed by atoms with E-state index in [1.54, 1.807) is 14.0 Å². The molecular formula is C9H21N2O3P. The molecule has 4 N–H and O–H groups in total. The number of methoxy groups -OCH3 is 1. The Hall–Kier alpha value is -0.220. The molecule has 0 heterocycles. The number of hydrogen-bond acceptors (Lipinski definition) is 4. The molecule has 0 saturated heterocycles. The minimum Gasteiger partial charge on any atom is -0.379 e. The zero-order valence-electron chi connectivity index (χ0n) is 9.49. The van der Waals surface area contributed by atoms with Crippen molar-refractivity contribution in [3.8, 4) is 0 Å². The predicted octanol–water partition coefficient (Wildman–Crippen LogP) is 0.0343. The smallest absolute Gasteiger partial charge is 0.225 e. The van der Waals surface area contributed by atoms with Gasteiger partial charge in [0.05, 0.1) is 18.3 Å². The lowest BCUT2D eigenvalue weighted by Gasteiger charge is -2.26. The molecule has 0 saturated carbocycles. The van der Waals surface area contributed by atoms with Gasteiger partial charge in [0.2, 0.25) is 5.91 Å². The van der Waals surface area contributed by atoms with E-state index in [1.165, 1.54) is 0 Å². The quantitative estimate of drug-likeness (QED) is 0.545. The molecule has 0 aliphatic heterocycles. The first-order chi connectivity index (χ1) is 7.08. The van der Waals surface area contributed by atoms with Crippen LogP contribution in [0, 0.1) is 5.92 Å². The Labute approximate surface area is 92.6 Å². The van der Waals surface area contributed by atoms with Gasteiger partial charge in [-0.25, -0.2) is 0 Å². The molecule has 0 aliphatic carbocycles. The van der Waals surface area contributed by atoms with Gasteiger partial charge in [-0.05, 0) is 6.42 Å². The first-order valence-electron chi connectivity index (χ1n) is 5.01. The van der Waals surface area contributed by atoms with Crippen molar-refractivity contribution in [2.75, 3.05) is 13.4 Å². The van der Waals surface area contributed by atoms with E-state index in [0.717, 1.165) is 6.42 Å². The standard InChI is InChI=1S/C9H21N2O3P/c1-4-7(10)8(14-3)6(2)9(12)11-5-15-13/h6-8,13,15H,4-5,10H2,1-3H3,(H,11,12). The molecule has 5 nitrogen and oxygen atoms in total. The summed E-state index contributed by atoms with van der Waals surface area (Å²) in [5, 5.41) is 2.61. The van der Waals surface area contributed by atoms with Crippen LogP contribution in [0.4, 0.5) is 0 Å². The van der Waals surface area contributed by atoms with Crippen LogP contribution >= 0.6 is 8.81 Å². The van der Waals surface area contributed by atoms with Gasteiger partial charge in [-0.3, -0.25) is 4.79 Å². The molecule has 4 atom stereocenters. The minimum atomic E-state index is -0.304. The number of ether oxygens (including phenoxy) is 1. The highest BCUT2D eigenvalue weighted by Crippen LogP contribution is 2.12. The monoisotopic (exact) mass is 236 g/mol. The Morgan fingerprint density at radius 3 is 2.67 bits per heavy atom. The number of nitrogens with two attached hydrogens (primary N) is 1. The summed E-state index contributed by atoms with van der Waals surface area (Å²) in [4.78, 5) is 20.2. The molecule has 15 heavy (non-hydrogen) atoms. The summed E-state index contributed by atoms with van der Waals surface area (Å²) in [6.07, 6.45) is 0.774. The van der Waals surface area contributed by atoms with Gasteiger partial charge >= 0.3 is 0 Å². The van der Waals surface area contributed by atoms with Crippen LogP contribution in [0.3, 0.4) is 0 Å². The van der Waals surface area contributed by atoms with Gasteiger partial charge in [0, 0.05) is 22.0 Å². The van der Waals surface area contributed by atoms with Crippen LogP contribution in [0.5, 0.6) is 0 Å². The molecule has 0 fully saturated rings. The summed E-state index contributed by atoms with van der Waals surface area (Å²) in [5.74, 6) is -0.436. The topological polar surface area (TPSA) is 84.6 Å². The third kappa shape index (κ3) is 4.89. The highest BCUT2D eigenvalue weighted by atomic mass is 31.1. The average Bonchev–Trinajstić information content (AvgIpc) is 2.26. The summed E-state index contributed by atoms with van der Waals surface area (Å²) in [6.45, 7) is 3.73. The van der Waals surface area contributed by atoms with Crippen molar-refractivity contribution >= 4 is 14.7 Å². The van der Waals surface area contributed by atoms with E-state index in [1.807, 2.05) is 6.92 Å². The van der Waals surface area contributed by atoms with Gasteiger partial charge in [-0.2, -0.15) is 0 Å². The fourth-order valence-electron chi connectivity index (χ4n) is 1.42. The normalized spacial score (nSPS) is 17.7. The Kier molecular flexibility index (Phi) is 7.88. The summed E-state index contributed by atoms with van der Waals surface area (Å²) < 4.78 is 5.22. The fraction of sp³-hybridized carbons (Fsp3) is 0.889. The number of amides is 1. The van der Waals surface area contributed by atoms with Crippen molar-refractivity contribution in [1.82, 2.24) is 5.32 Å². The molecule has 0 aromatic heterocycles. The maximum absolute atomic E-state index is 11.6. The highest BCUT2D eigenvalue weighted by molar-refractivity contribution is 7.31. The number of carbonyl (C=O) groups is 1. The maximum atomic E-state index is 11.6. The molecule has 0 rings (SSSR count). The lowest BCUT2D eigenvalue weighted by molar-refractivity contribution is -0.129. The van der Waals surface area contributed by atoms with Gasteiger partial charge in [0.1, 0.15) is 0 Å². The SMILES string of the molecule is CCC(N)C(OC)C(C)C(=O)NCPO. The summed E-state index contributed by atoms with van der Waals surface area (Å²) >= 11 is 0. The minimum absolute atomic E-state index is 0.132. The fourth-order valence-corrected chi connectivity index (χ4v) is 1.67. The van der Waals surface area contributed by atoms with Crippen molar-refractivity contribution in [2.45, 2.75) is 32.4 Å². The van der Waals surface area contributed by atoms with Crippen molar-refractivity contribution in [3.63, 3.8) is 0 Å². The lowest BCUT2D eigenvalue weighted by atomic mass is 9.96. The lowest BCUT2D eigenvalue weighted by Crippen LogP contribution is -2.46. The molecule has 1 amide bonds. The molecule has 4 unspecified atom stereocenters. The van der Waals surface area contributed by atoms with E-state index < -0.39 is 0 Å². The first kappa shape index (κ1) is 14.8. The van der Waals surface area contributed by atoms with Crippen LogP contribution in [0.25, 0.3) is 0 Å². The second-order valence-corrected chi connectivity index (χ2v) is 4.11. The van der Waals surface area contributed by atoms with Crippen LogP contribution in [0.1, 0.15) is 20.3 Å². The average molecular weight is 236 g/mol. The predicted molar refractivity (Wildman–Crippen MR) is 61.8 cm³/mol. The molecule has 0 aromatic carbocycles. The van der Waals surface area contributed by atoms with Crippen molar-refractivity contribution in [3.05, 3.63) is 0 Å². The number of carbonyl (C=O) groups excluding carboxylic acids is 1. The van der Waals surface area contributed by atoms with E-state index in [4.69, 9.17) is 15.4 Å². The van der Waals surface area contributed by atoms with Crippen LogP contribution in [-0.2, 0) is 9.53 Å². The molecule has 0 aromatic rings. The van der Waals surface area contributed by atoms with Crippen molar-refractivity contribution in [2.24, 2.45) is 11.7 Å². The van der Waals surface area contributed by atoms with Gasteiger partial charge in [0.25, 0.3) is 0 Å². The van der Waals surface area contributed by atoms with E-state index in [9.17, 15) is 4.79 Å². The Morgan fingerprint density at radius 1 is 1.67 bits per heavy atom. The first-order valence-corrected chi connectivity index (χ1v) is 6.16. The third-order valence-electron chi connectivity index (χ3n) is 2.41. The van der Waals surface area contributed by atoms with Gasteiger partial charge in [0.15, 0.2) is 0 Å². The summed E-state index contributed by atoms with van der Waals surface area (Å²) in [5.41, 5.74) is 5.84. The zero-order valence-corrected chi connectivity index (χ0v) is 10.5. The zero-order chi connectivity index (χ0) is 11.8. The van der Waals surface area contributed by atoms with E-state index in [-0.39, 0.29) is 32.8 Å². The largest absolute Gasteiger partial charge is 0.379 e. The molecule has 0 radical (unpaired) electrons. The van der Waals surface area contributed by atoms with Crippen LogP contribution in [0.2, 0.25) is 0 Å². The maximum Gasteiger partial charge on any atom is 0.225 e. The Balaban J connectivity index is 4.24. The van der Waals surface area contributed by atoms with Crippen molar-refractivity contribution < 1.29 is 14.4 Å². The van der Waals surface area contributed by atoms with Crippen LogP contribution < -0.4 is 11.1 Å². The molecule has 90 valence electrons. The van der Waals surface area contributed by atoms with Gasteiger partial charge in [-0.1, -0.05) is 13.8 Å². The molecule has 0 bridgehead atoms. The molecule has 0 aliphatic rings. The van der Waals surface area contributed by atoms with E-state index in [0.29, 0.717) is 6.29 Å². The Morgan fingerprint density at radius 2 is 2.27 bits per heavy atom. The van der Waals surface area contributed by atoms with Gasteiger partial charge in [-0.15, -0.1) is 0 Å². The summed E-state index contributed by atoms with van der Waals surface area (Å²) in [7, 11) is 1.28. The van der Waals surface area contributed by atoms with E-state index in [2.05, 4.69) is 5.32 Å². The molecule has 6 heteroatoms. The highest BCUT2D eigenvalue weighted by Gasteiger charge is 2.27. The van der Waals surface area contributed by atoms with Crippen LogP contribution in [-0.4, -0.2) is 36.3 Å². The number of rotatable bonds is 7. The van der Waals surface area contributed by atoms with Gasteiger partial charge < -0.3 is 20.7 Å². The Bertz CT molecular complexity index is 192. The third-order valence-corrected chi connectivity index (χ3v) is 2.75. The molecular weight excluding hydrogens is 215 g/mol. The van der Waals surface area contributed by atoms with Crippen LogP contribution in [0.15, 0.2) is 0 Å². The second kappa shape index (κ2) is 7.99. The van der Waals surface area contributed by atoms with E-state index >= 15 is 0 Å². The number of hydrogen-bond donors (Lipinski definition) is 3. The number of nitrogens with one attached hydrogen (secondary N) is 1.